The summed E-state index contributed by atoms with van der Waals surface area (Å²) < 4.78 is 0. The quantitative estimate of drug-likeness (QED) is 0.610. The fourth-order valence-electron chi connectivity index (χ4n) is 1.88. The maximum absolute atomic E-state index is 3.53. The highest BCUT2D eigenvalue weighted by molar-refractivity contribution is 4.69. The van der Waals surface area contributed by atoms with E-state index in [4.69, 9.17) is 0 Å². The van der Waals surface area contributed by atoms with Crippen molar-refractivity contribution in [3.05, 3.63) is 0 Å². The van der Waals surface area contributed by atoms with Gasteiger partial charge in [0, 0.05) is 5.54 Å². The summed E-state index contributed by atoms with van der Waals surface area (Å²) in [6.45, 7) is 17.1. The van der Waals surface area contributed by atoms with Gasteiger partial charge in [-0.05, 0) is 65.1 Å². The predicted molar refractivity (Wildman–Crippen MR) is 83.2 cm³/mol. The molecule has 0 rings (SSSR count). The van der Waals surface area contributed by atoms with E-state index in [0.29, 0.717) is 5.41 Å². The molecule has 0 spiro atoms. The Morgan fingerprint density at radius 3 is 1.83 bits per heavy atom. The Hall–Kier alpha value is -0.0800. The molecular formula is C16H36N2. The van der Waals surface area contributed by atoms with Gasteiger partial charge in [-0.25, -0.2) is 0 Å². The van der Waals surface area contributed by atoms with Crippen molar-refractivity contribution >= 4 is 0 Å². The first-order valence-electron chi connectivity index (χ1n) is 7.66. The summed E-state index contributed by atoms with van der Waals surface area (Å²) in [6, 6.07) is 0. The highest BCUT2D eigenvalue weighted by Gasteiger charge is 2.08. The third-order valence-corrected chi connectivity index (χ3v) is 2.97. The molecule has 0 aromatic heterocycles. The van der Waals surface area contributed by atoms with Crippen LogP contribution in [0.3, 0.4) is 0 Å². The minimum atomic E-state index is 0.257. The molecule has 2 heteroatoms. The van der Waals surface area contributed by atoms with Crippen LogP contribution in [0.1, 0.15) is 73.6 Å². The van der Waals surface area contributed by atoms with Crippen molar-refractivity contribution in [1.82, 2.24) is 10.6 Å². The lowest BCUT2D eigenvalue weighted by Gasteiger charge is -2.20. The summed E-state index contributed by atoms with van der Waals surface area (Å²) in [4.78, 5) is 0. The number of nitrogens with one attached hydrogen (secondary N) is 2. The number of hydrogen-bond donors (Lipinski definition) is 2. The lowest BCUT2D eigenvalue weighted by Crippen LogP contribution is -2.37. The maximum atomic E-state index is 3.53. The molecule has 2 N–H and O–H groups in total. The number of hydrogen-bond acceptors (Lipinski definition) is 2. The zero-order valence-electron chi connectivity index (χ0n) is 13.7. The van der Waals surface area contributed by atoms with Crippen molar-refractivity contribution < 1.29 is 0 Å². The van der Waals surface area contributed by atoms with E-state index in [-0.39, 0.29) is 5.54 Å². The summed E-state index contributed by atoms with van der Waals surface area (Å²) in [6.07, 6.45) is 6.63. The van der Waals surface area contributed by atoms with Crippen LogP contribution in [0.15, 0.2) is 0 Å². The van der Waals surface area contributed by atoms with Crippen LogP contribution in [-0.2, 0) is 0 Å². The van der Waals surface area contributed by atoms with Gasteiger partial charge < -0.3 is 10.6 Å². The van der Waals surface area contributed by atoms with E-state index < -0.39 is 0 Å². The van der Waals surface area contributed by atoms with Crippen molar-refractivity contribution in [3.63, 3.8) is 0 Å². The second-order valence-corrected chi connectivity index (χ2v) is 7.65. The average Bonchev–Trinajstić information content (AvgIpc) is 2.17. The molecule has 0 bridgehead atoms. The molecule has 2 nitrogen and oxygen atoms in total. The van der Waals surface area contributed by atoms with Crippen LogP contribution in [0, 0.1) is 5.41 Å². The first-order valence-corrected chi connectivity index (χ1v) is 7.66. The highest BCUT2D eigenvalue weighted by Crippen LogP contribution is 2.21. The van der Waals surface area contributed by atoms with Crippen molar-refractivity contribution in [2.24, 2.45) is 5.41 Å². The van der Waals surface area contributed by atoms with E-state index in [2.05, 4.69) is 52.2 Å². The van der Waals surface area contributed by atoms with Crippen LogP contribution in [-0.4, -0.2) is 25.2 Å². The van der Waals surface area contributed by atoms with Crippen LogP contribution in [0.25, 0.3) is 0 Å². The Bertz CT molecular complexity index is 164. The van der Waals surface area contributed by atoms with Crippen LogP contribution < -0.4 is 10.6 Å². The Kier molecular flexibility index (Phi) is 8.89. The van der Waals surface area contributed by atoms with Crippen LogP contribution >= 0.6 is 0 Å². The molecule has 0 unspecified atom stereocenters. The van der Waals surface area contributed by atoms with Crippen molar-refractivity contribution in [1.29, 1.82) is 0 Å². The van der Waals surface area contributed by atoms with Gasteiger partial charge in [-0.1, -0.05) is 33.6 Å². The van der Waals surface area contributed by atoms with Gasteiger partial charge in [-0.2, -0.15) is 0 Å². The normalized spacial score (nSPS) is 13.0. The molecule has 0 heterocycles. The molecule has 110 valence electrons. The molecule has 0 saturated carbocycles. The van der Waals surface area contributed by atoms with Gasteiger partial charge in [-0.3, -0.25) is 0 Å². The summed E-state index contributed by atoms with van der Waals surface area (Å²) in [7, 11) is 0. The largest absolute Gasteiger partial charge is 0.317 e. The summed E-state index contributed by atoms with van der Waals surface area (Å²) >= 11 is 0. The Morgan fingerprint density at radius 1 is 0.667 bits per heavy atom. The Morgan fingerprint density at radius 2 is 1.28 bits per heavy atom. The van der Waals surface area contributed by atoms with Gasteiger partial charge in [0.25, 0.3) is 0 Å². The van der Waals surface area contributed by atoms with Gasteiger partial charge in [0.15, 0.2) is 0 Å². The first-order chi connectivity index (χ1) is 8.21. The van der Waals surface area contributed by atoms with E-state index in [0.717, 1.165) is 13.1 Å². The second kappa shape index (κ2) is 8.92. The summed E-state index contributed by atoms with van der Waals surface area (Å²) in [5, 5.41) is 7.04. The van der Waals surface area contributed by atoms with Gasteiger partial charge in [0.1, 0.15) is 0 Å². The van der Waals surface area contributed by atoms with Crippen LogP contribution in [0.4, 0.5) is 0 Å². The molecule has 0 saturated heterocycles. The smallest absolute Gasteiger partial charge is 0.00965 e. The third-order valence-electron chi connectivity index (χ3n) is 2.97. The topological polar surface area (TPSA) is 24.1 Å². The maximum Gasteiger partial charge on any atom is 0.00965 e. The van der Waals surface area contributed by atoms with Crippen molar-refractivity contribution in [2.45, 2.75) is 79.2 Å². The number of unbranched alkanes of at least 4 members (excludes halogenated alkanes) is 2. The molecule has 0 aliphatic heterocycles. The monoisotopic (exact) mass is 256 g/mol. The molecule has 0 aromatic carbocycles. The van der Waals surface area contributed by atoms with Crippen LogP contribution in [0.5, 0.6) is 0 Å². The predicted octanol–water partition coefficient (Wildman–Crippen LogP) is 3.96. The lowest BCUT2D eigenvalue weighted by molar-refractivity contribution is 0.357. The third kappa shape index (κ3) is 15.9. The minimum absolute atomic E-state index is 0.257. The zero-order valence-corrected chi connectivity index (χ0v) is 13.7. The minimum Gasteiger partial charge on any atom is -0.317 e. The molecule has 0 radical (unpaired) electrons. The molecule has 0 fully saturated rings. The second-order valence-electron chi connectivity index (χ2n) is 7.65. The average molecular weight is 256 g/mol. The van der Waals surface area contributed by atoms with Gasteiger partial charge in [0.2, 0.25) is 0 Å². The van der Waals surface area contributed by atoms with Gasteiger partial charge in [-0.15, -0.1) is 0 Å². The van der Waals surface area contributed by atoms with Crippen molar-refractivity contribution in [3.8, 4) is 0 Å². The molecule has 0 aliphatic rings. The molecular weight excluding hydrogens is 220 g/mol. The van der Waals surface area contributed by atoms with E-state index in [1.54, 1.807) is 0 Å². The fourth-order valence-corrected chi connectivity index (χ4v) is 1.88. The zero-order chi connectivity index (χ0) is 14.1. The van der Waals surface area contributed by atoms with Gasteiger partial charge in [0.05, 0.1) is 0 Å². The highest BCUT2D eigenvalue weighted by atomic mass is 14.9. The number of rotatable bonds is 9. The van der Waals surface area contributed by atoms with Crippen LogP contribution in [0.2, 0.25) is 0 Å². The van der Waals surface area contributed by atoms with E-state index in [9.17, 15) is 0 Å². The molecule has 0 amide bonds. The summed E-state index contributed by atoms with van der Waals surface area (Å²) in [5.41, 5.74) is 0.763. The van der Waals surface area contributed by atoms with E-state index in [1.165, 1.54) is 38.6 Å². The van der Waals surface area contributed by atoms with E-state index in [1.807, 2.05) is 0 Å². The standard InChI is InChI=1S/C16H36N2/c1-15(2,3)11-8-7-9-12-17-13-10-14-18-16(4,5)6/h17-18H,7-14H2,1-6H3. The molecule has 18 heavy (non-hydrogen) atoms. The lowest BCUT2D eigenvalue weighted by atomic mass is 9.89. The Balaban J connectivity index is 3.13. The molecule has 0 aliphatic carbocycles. The molecule has 0 atom stereocenters. The Labute approximate surface area is 115 Å². The first kappa shape index (κ1) is 17.9. The van der Waals surface area contributed by atoms with Gasteiger partial charge >= 0.3 is 0 Å². The van der Waals surface area contributed by atoms with E-state index >= 15 is 0 Å². The van der Waals surface area contributed by atoms with Crippen molar-refractivity contribution in [2.75, 3.05) is 19.6 Å². The SMILES string of the molecule is CC(C)(C)CCCCCNCCCNC(C)(C)C. The molecule has 0 aromatic rings. The fraction of sp³-hybridized carbons (Fsp3) is 1.00. The summed E-state index contributed by atoms with van der Waals surface area (Å²) in [5.74, 6) is 0.